The third-order valence-corrected chi connectivity index (χ3v) is 6.17. The number of nitrogens with zero attached hydrogens (tertiary/aromatic N) is 2. The maximum Gasteiger partial charge on any atom is 0.248 e. The van der Waals surface area contributed by atoms with E-state index in [9.17, 15) is 4.79 Å². The lowest BCUT2D eigenvalue weighted by Crippen LogP contribution is -2.08. The van der Waals surface area contributed by atoms with Crippen molar-refractivity contribution in [1.29, 1.82) is 0 Å². The summed E-state index contributed by atoms with van der Waals surface area (Å²) in [4.78, 5) is 13.9. The minimum Gasteiger partial charge on any atom is -0.455 e. The first-order chi connectivity index (χ1) is 17.2. The second-order valence-electron chi connectivity index (χ2n) is 7.93. The molecule has 35 heavy (non-hydrogen) atoms. The van der Waals surface area contributed by atoms with Gasteiger partial charge in [0.05, 0.1) is 16.3 Å². The second-order valence-corrected chi connectivity index (χ2v) is 8.88. The van der Waals surface area contributed by atoms with E-state index < -0.39 is 0 Å². The number of carbonyl (C=O) groups is 1. The van der Waals surface area contributed by atoms with Gasteiger partial charge in [-0.2, -0.15) is 5.10 Å². The van der Waals surface area contributed by atoms with Crippen molar-refractivity contribution in [3.05, 3.63) is 120 Å². The molecule has 172 valence electrons. The van der Waals surface area contributed by atoms with Crippen LogP contribution in [0.4, 0.5) is 5.69 Å². The molecule has 6 heteroatoms. The maximum atomic E-state index is 12.8. The van der Waals surface area contributed by atoms with Gasteiger partial charge in [0.25, 0.3) is 0 Å². The van der Waals surface area contributed by atoms with Crippen molar-refractivity contribution in [2.75, 3.05) is 5.32 Å². The Morgan fingerprint density at radius 2 is 1.80 bits per heavy atom. The minimum atomic E-state index is -0.255. The van der Waals surface area contributed by atoms with Crippen LogP contribution in [0.25, 0.3) is 22.3 Å². The van der Waals surface area contributed by atoms with E-state index in [1.54, 1.807) is 17.4 Å². The Bertz CT molecular complexity index is 1470. The zero-order chi connectivity index (χ0) is 24.0. The van der Waals surface area contributed by atoms with E-state index in [2.05, 4.69) is 5.32 Å². The molecule has 0 radical (unpaired) electrons. The van der Waals surface area contributed by atoms with Crippen LogP contribution in [-0.2, 0) is 4.79 Å². The molecule has 5 nitrogen and oxygen atoms in total. The Labute approximate surface area is 208 Å². The molecule has 0 aliphatic heterocycles. The summed E-state index contributed by atoms with van der Waals surface area (Å²) in [6.45, 7) is 2.01. The first kappa shape index (κ1) is 22.4. The van der Waals surface area contributed by atoms with Crippen LogP contribution in [0.5, 0.6) is 11.5 Å². The number of carbonyl (C=O) groups excluding carboxylic acids is 1. The Balaban J connectivity index is 1.37. The highest BCUT2D eigenvalue weighted by molar-refractivity contribution is 7.13. The van der Waals surface area contributed by atoms with Crippen molar-refractivity contribution in [3.8, 4) is 27.8 Å². The van der Waals surface area contributed by atoms with Crippen LogP contribution in [0.2, 0.25) is 0 Å². The number of anilines is 1. The van der Waals surface area contributed by atoms with E-state index in [1.165, 1.54) is 6.08 Å². The summed E-state index contributed by atoms with van der Waals surface area (Å²) in [5.41, 5.74) is 4.34. The average Bonchev–Trinajstić information content (AvgIpc) is 3.55. The van der Waals surface area contributed by atoms with Crippen LogP contribution in [0.15, 0.2) is 109 Å². The summed E-state index contributed by atoms with van der Waals surface area (Å²) in [6, 6.07) is 29.1. The molecule has 0 saturated heterocycles. The van der Waals surface area contributed by atoms with Crippen molar-refractivity contribution in [2.45, 2.75) is 6.92 Å². The number of ether oxygens (including phenoxy) is 1. The lowest BCUT2D eigenvalue weighted by molar-refractivity contribution is -0.111. The van der Waals surface area contributed by atoms with E-state index >= 15 is 0 Å². The van der Waals surface area contributed by atoms with Gasteiger partial charge in [-0.15, -0.1) is 11.3 Å². The third-order valence-electron chi connectivity index (χ3n) is 5.29. The van der Waals surface area contributed by atoms with Gasteiger partial charge in [-0.25, -0.2) is 4.68 Å². The molecule has 1 N–H and O–H groups in total. The number of hydrogen-bond acceptors (Lipinski definition) is 4. The highest BCUT2D eigenvalue weighted by Crippen LogP contribution is 2.31. The van der Waals surface area contributed by atoms with Gasteiger partial charge in [-0.3, -0.25) is 4.79 Å². The van der Waals surface area contributed by atoms with E-state index in [0.29, 0.717) is 11.4 Å². The fraction of sp³-hybridized carbons (Fsp3) is 0.0345. The molecule has 2 heterocycles. The predicted molar refractivity (Wildman–Crippen MR) is 142 cm³/mol. The normalized spacial score (nSPS) is 11.0. The average molecular weight is 478 g/mol. The molecule has 0 bridgehead atoms. The number of aryl methyl sites for hydroxylation is 1. The Morgan fingerprint density at radius 3 is 2.60 bits per heavy atom. The topological polar surface area (TPSA) is 56.1 Å². The molecule has 5 aromatic rings. The molecule has 1 amide bonds. The molecule has 0 aliphatic rings. The summed E-state index contributed by atoms with van der Waals surface area (Å²) in [6.07, 6.45) is 5.25. The van der Waals surface area contributed by atoms with E-state index in [4.69, 9.17) is 9.84 Å². The molecule has 0 aliphatic carbocycles. The number of benzene rings is 3. The molecule has 2 aromatic heterocycles. The van der Waals surface area contributed by atoms with E-state index in [0.717, 1.165) is 33.1 Å². The molecule has 3 aromatic carbocycles. The Morgan fingerprint density at radius 1 is 0.971 bits per heavy atom. The van der Waals surface area contributed by atoms with Gasteiger partial charge < -0.3 is 10.1 Å². The van der Waals surface area contributed by atoms with Crippen molar-refractivity contribution in [3.63, 3.8) is 0 Å². The van der Waals surface area contributed by atoms with Crippen molar-refractivity contribution >= 4 is 29.0 Å². The molecule has 0 unspecified atom stereocenters. The largest absolute Gasteiger partial charge is 0.455 e. The van der Waals surface area contributed by atoms with Gasteiger partial charge in [0.15, 0.2) is 5.75 Å². The summed E-state index contributed by atoms with van der Waals surface area (Å²) in [5, 5.41) is 9.73. The van der Waals surface area contributed by atoms with Crippen molar-refractivity contribution < 1.29 is 9.53 Å². The van der Waals surface area contributed by atoms with Crippen LogP contribution in [0.3, 0.4) is 0 Å². The minimum absolute atomic E-state index is 0.255. The molecule has 0 saturated carbocycles. The quantitative estimate of drug-likeness (QED) is 0.249. The molecular weight excluding hydrogens is 454 g/mol. The SMILES string of the molecule is Cc1cccc(Oc2ccccc2NC(=O)/C=C/c2cn(-c3ccccc3)nc2-c2cccs2)c1. The molecule has 0 fully saturated rings. The van der Waals surface area contributed by atoms with Crippen LogP contribution in [-0.4, -0.2) is 15.7 Å². The highest BCUT2D eigenvalue weighted by atomic mass is 32.1. The van der Waals surface area contributed by atoms with Crippen LogP contribution in [0, 0.1) is 6.92 Å². The standard InChI is InChI=1S/C29H23N3O2S/c1-21-9-7-12-24(19-21)34-26-14-6-5-13-25(26)30-28(33)17-16-22-20-32(23-10-3-2-4-11-23)31-29(22)27-15-8-18-35-27/h2-20H,1H3,(H,30,33)/b17-16+. The van der Waals surface area contributed by atoms with Gasteiger partial charge in [-0.05, 0) is 66.4 Å². The number of nitrogens with one attached hydrogen (secondary N) is 1. The summed E-state index contributed by atoms with van der Waals surface area (Å²) >= 11 is 1.61. The Hall–Kier alpha value is -4.42. The van der Waals surface area contributed by atoms with Crippen LogP contribution >= 0.6 is 11.3 Å². The number of hydrogen-bond donors (Lipinski definition) is 1. The van der Waals surface area contributed by atoms with Crippen molar-refractivity contribution in [2.24, 2.45) is 0 Å². The van der Waals surface area contributed by atoms with E-state index in [-0.39, 0.29) is 5.91 Å². The monoisotopic (exact) mass is 477 g/mol. The van der Waals surface area contributed by atoms with Gasteiger partial charge in [0.2, 0.25) is 5.91 Å². The van der Waals surface area contributed by atoms with Crippen molar-refractivity contribution in [1.82, 2.24) is 9.78 Å². The molecule has 5 rings (SSSR count). The van der Waals surface area contributed by atoms with Crippen LogP contribution in [0.1, 0.15) is 11.1 Å². The Kier molecular flexibility index (Phi) is 6.55. The van der Waals surface area contributed by atoms with Gasteiger partial charge in [0.1, 0.15) is 11.4 Å². The molecule has 0 atom stereocenters. The number of thiophene rings is 1. The summed E-state index contributed by atoms with van der Waals surface area (Å²) < 4.78 is 7.85. The van der Waals surface area contributed by atoms with E-state index in [1.807, 2.05) is 114 Å². The van der Waals surface area contributed by atoms with Gasteiger partial charge in [0, 0.05) is 17.8 Å². The number of para-hydroxylation sites is 3. The first-order valence-electron chi connectivity index (χ1n) is 11.2. The second kappa shape index (κ2) is 10.2. The summed E-state index contributed by atoms with van der Waals surface area (Å²) in [5.74, 6) is 1.04. The lowest BCUT2D eigenvalue weighted by Gasteiger charge is -2.11. The smallest absolute Gasteiger partial charge is 0.248 e. The maximum absolute atomic E-state index is 12.8. The van der Waals surface area contributed by atoms with Crippen LogP contribution < -0.4 is 10.1 Å². The molecule has 0 spiro atoms. The number of aromatic nitrogens is 2. The lowest BCUT2D eigenvalue weighted by atomic mass is 10.2. The van der Waals surface area contributed by atoms with Gasteiger partial charge >= 0.3 is 0 Å². The highest BCUT2D eigenvalue weighted by Gasteiger charge is 2.12. The van der Waals surface area contributed by atoms with Gasteiger partial charge in [-0.1, -0.05) is 48.5 Å². The predicted octanol–water partition coefficient (Wildman–Crippen LogP) is 7.35. The fourth-order valence-corrected chi connectivity index (χ4v) is 4.36. The third kappa shape index (κ3) is 5.39. The summed E-state index contributed by atoms with van der Waals surface area (Å²) in [7, 11) is 0. The first-order valence-corrected chi connectivity index (χ1v) is 12.1. The zero-order valence-corrected chi connectivity index (χ0v) is 19.9. The zero-order valence-electron chi connectivity index (χ0n) is 19.1. The number of rotatable bonds is 7. The fourth-order valence-electron chi connectivity index (χ4n) is 3.63. The number of amides is 1. The molecular formula is C29H23N3O2S.